The molecule has 5 heteroatoms. The van der Waals surface area contributed by atoms with Crippen molar-refractivity contribution in [1.82, 2.24) is 4.90 Å². The van der Waals surface area contributed by atoms with Gasteiger partial charge in [-0.3, -0.25) is 15.6 Å². The first kappa shape index (κ1) is 9.19. The van der Waals surface area contributed by atoms with Crippen LogP contribution in [0.15, 0.2) is 0 Å². The van der Waals surface area contributed by atoms with Crippen LogP contribution in [0.2, 0.25) is 0 Å². The minimum Gasteiger partial charge on any atom is -0.317 e. The SMILES string of the molecule is N=CN(C=N)CC(=O)C1(Cl)CC1. The molecule has 0 radical (unpaired) electrons. The Morgan fingerprint density at radius 1 is 1.50 bits per heavy atom. The highest BCUT2D eigenvalue weighted by atomic mass is 35.5. The van der Waals surface area contributed by atoms with Gasteiger partial charge < -0.3 is 4.90 Å². The number of alkyl halides is 1. The molecule has 0 aromatic rings. The summed E-state index contributed by atoms with van der Waals surface area (Å²) in [7, 11) is 0. The van der Waals surface area contributed by atoms with Gasteiger partial charge in [0.2, 0.25) is 0 Å². The van der Waals surface area contributed by atoms with Crippen LogP contribution < -0.4 is 0 Å². The molecule has 0 heterocycles. The van der Waals surface area contributed by atoms with E-state index in [4.69, 9.17) is 22.4 Å². The summed E-state index contributed by atoms with van der Waals surface area (Å²) in [4.78, 5) is 11.8. The highest BCUT2D eigenvalue weighted by Crippen LogP contribution is 2.43. The van der Waals surface area contributed by atoms with Crippen molar-refractivity contribution in [3.05, 3.63) is 0 Å². The lowest BCUT2D eigenvalue weighted by atomic mass is 10.2. The molecule has 1 aliphatic rings. The van der Waals surface area contributed by atoms with Crippen LogP contribution in [0.25, 0.3) is 0 Å². The molecule has 0 atom stereocenters. The quantitative estimate of drug-likeness (QED) is 0.381. The molecule has 0 aromatic carbocycles. The molecule has 1 aliphatic carbocycles. The van der Waals surface area contributed by atoms with Crippen LogP contribution in [0.5, 0.6) is 0 Å². The maximum atomic E-state index is 11.3. The van der Waals surface area contributed by atoms with Crippen molar-refractivity contribution in [1.29, 1.82) is 10.8 Å². The summed E-state index contributed by atoms with van der Waals surface area (Å²) >= 11 is 5.83. The molecular formula is C7H10ClN3O. The summed E-state index contributed by atoms with van der Waals surface area (Å²) in [5.74, 6) is -0.101. The van der Waals surface area contributed by atoms with E-state index >= 15 is 0 Å². The summed E-state index contributed by atoms with van der Waals surface area (Å²) in [6, 6.07) is 0. The summed E-state index contributed by atoms with van der Waals surface area (Å²) in [6.07, 6.45) is 3.31. The minimum atomic E-state index is -0.676. The third-order valence-corrected chi connectivity index (χ3v) is 2.44. The Bertz CT molecular complexity index is 217. The van der Waals surface area contributed by atoms with Crippen molar-refractivity contribution >= 4 is 30.1 Å². The molecule has 0 bridgehead atoms. The number of carbonyl (C=O) groups is 1. The van der Waals surface area contributed by atoms with E-state index in [-0.39, 0.29) is 12.3 Å². The Hall–Kier alpha value is -0.900. The van der Waals surface area contributed by atoms with Crippen LogP contribution >= 0.6 is 11.6 Å². The number of halogens is 1. The van der Waals surface area contributed by atoms with E-state index in [0.717, 1.165) is 25.5 Å². The molecular weight excluding hydrogens is 178 g/mol. The van der Waals surface area contributed by atoms with E-state index in [1.54, 1.807) is 0 Å². The maximum Gasteiger partial charge on any atom is 0.173 e. The van der Waals surface area contributed by atoms with Crippen molar-refractivity contribution in [2.75, 3.05) is 6.54 Å². The molecule has 0 saturated heterocycles. The fraction of sp³-hybridized carbons (Fsp3) is 0.571. The van der Waals surface area contributed by atoms with Gasteiger partial charge in [0, 0.05) is 0 Å². The van der Waals surface area contributed by atoms with Gasteiger partial charge in [-0.15, -0.1) is 11.6 Å². The lowest BCUT2D eigenvalue weighted by molar-refractivity contribution is -0.119. The fourth-order valence-corrected chi connectivity index (χ4v) is 0.979. The Balaban J connectivity index is 2.44. The predicted molar refractivity (Wildman–Crippen MR) is 47.1 cm³/mol. The highest BCUT2D eigenvalue weighted by molar-refractivity contribution is 6.37. The monoisotopic (exact) mass is 187 g/mol. The summed E-state index contributed by atoms with van der Waals surface area (Å²) < 4.78 is 0. The largest absolute Gasteiger partial charge is 0.317 e. The minimum absolute atomic E-state index is 0.0382. The van der Waals surface area contributed by atoms with E-state index in [1.807, 2.05) is 0 Å². The van der Waals surface area contributed by atoms with Crippen molar-refractivity contribution in [3.8, 4) is 0 Å². The molecule has 1 rings (SSSR count). The molecule has 0 aliphatic heterocycles. The predicted octanol–water partition coefficient (Wildman–Crippen LogP) is 0.843. The first-order valence-corrected chi connectivity index (χ1v) is 3.99. The number of ketones is 1. The van der Waals surface area contributed by atoms with Gasteiger partial charge in [0.05, 0.1) is 19.2 Å². The molecule has 4 nitrogen and oxygen atoms in total. The molecule has 2 N–H and O–H groups in total. The standard InChI is InChI=1S/C7H10ClN3O/c8-7(1-2-7)6(12)3-11(4-9)5-10/h4-5,9-10H,1-3H2. The molecule has 0 aromatic heterocycles. The van der Waals surface area contributed by atoms with Crippen LogP contribution in [0.4, 0.5) is 0 Å². The van der Waals surface area contributed by atoms with Crippen molar-refractivity contribution < 1.29 is 4.79 Å². The Kier molecular flexibility index (Phi) is 2.47. The van der Waals surface area contributed by atoms with E-state index in [9.17, 15) is 4.79 Å². The van der Waals surface area contributed by atoms with Crippen LogP contribution in [0.1, 0.15) is 12.8 Å². The van der Waals surface area contributed by atoms with Gasteiger partial charge in [-0.25, -0.2) is 0 Å². The Morgan fingerprint density at radius 2 is 2.00 bits per heavy atom. The van der Waals surface area contributed by atoms with Gasteiger partial charge in [0.15, 0.2) is 5.78 Å². The van der Waals surface area contributed by atoms with Crippen molar-refractivity contribution in [2.45, 2.75) is 17.7 Å². The van der Waals surface area contributed by atoms with Gasteiger partial charge in [0.1, 0.15) is 4.87 Å². The smallest absolute Gasteiger partial charge is 0.173 e. The number of nitrogens with one attached hydrogen (secondary N) is 2. The molecule has 0 unspecified atom stereocenters. The Morgan fingerprint density at radius 3 is 2.33 bits per heavy atom. The number of hydrogen-bond donors (Lipinski definition) is 2. The van der Waals surface area contributed by atoms with Crippen molar-refractivity contribution in [3.63, 3.8) is 0 Å². The van der Waals surface area contributed by atoms with Crippen LogP contribution in [-0.4, -0.2) is 34.8 Å². The lowest BCUT2D eigenvalue weighted by Crippen LogP contribution is -2.32. The van der Waals surface area contributed by atoms with Gasteiger partial charge in [0.25, 0.3) is 0 Å². The fourth-order valence-electron chi connectivity index (χ4n) is 0.825. The average Bonchev–Trinajstić information content (AvgIpc) is 2.80. The van der Waals surface area contributed by atoms with Gasteiger partial charge in [-0.1, -0.05) is 0 Å². The normalized spacial score (nSPS) is 18.1. The summed E-state index contributed by atoms with van der Waals surface area (Å²) in [5.41, 5.74) is 0. The van der Waals surface area contributed by atoms with Gasteiger partial charge in [-0.2, -0.15) is 0 Å². The van der Waals surface area contributed by atoms with E-state index < -0.39 is 4.87 Å². The zero-order valence-corrected chi connectivity index (χ0v) is 7.27. The third-order valence-electron chi connectivity index (χ3n) is 1.85. The van der Waals surface area contributed by atoms with E-state index in [0.29, 0.717) is 0 Å². The second-order valence-electron chi connectivity index (χ2n) is 2.82. The van der Waals surface area contributed by atoms with Crippen LogP contribution in [-0.2, 0) is 4.79 Å². The topological polar surface area (TPSA) is 68.0 Å². The van der Waals surface area contributed by atoms with E-state index in [2.05, 4.69) is 0 Å². The van der Waals surface area contributed by atoms with Crippen LogP contribution in [0, 0.1) is 10.8 Å². The zero-order valence-electron chi connectivity index (χ0n) is 6.51. The average molecular weight is 188 g/mol. The second kappa shape index (κ2) is 3.23. The number of carbonyl (C=O) groups excluding carboxylic acids is 1. The molecule has 12 heavy (non-hydrogen) atoms. The number of hydrogen-bond acceptors (Lipinski definition) is 3. The Labute approximate surface area is 75.5 Å². The number of Topliss-reactive ketones (excluding diaryl/α,β-unsaturated/α-hetero) is 1. The first-order chi connectivity index (χ1) is 5.62. The first-order valence-electron chi connectivity index (χ1n) is 3.61. The molecule has 1 saturated carbocycles. The molecule has 0 amide bonds. The molecule has 1 fully saturated rings. The van der Waals surface area contributed by atoms with Crippen molar-refractivity contribution in [2.24, 2.45) is 0 Å². The second-order valence-corrected chi connectivity index (χ2v) is 3.54. The summed E-state index contributed by atoms with van der Waals surface area (Å²) in [6.45, 7) is 0.0382. The zero-order chi connectivity index (χ0) is 9.19. The molecule has 0 spiro atoms. The maximum absolute atomic E-state index is 11.3. The number of rotatable bonds is 5. The lowest BCUT2D eigenvalue weighted by Gasteiger charge is -2.12. The third kappa shape index (κ3) is 1.82. The highest BCUT2D eigenvalue weighted by Gasteiger charge is 2.47. The molecule has 66 valence electrons. The van der Waals surface area contributed by atoms with Gasteiger partial charge in [-0.05, 0) is 12.8 Å². The van der Waals surface area contributed by atoms with Gasteiger partial charge >= 0.3 is 0 Å². The van der Waals surface area contributed by atoms with E-state index in [1.165, 1.54) is 4.90 Å². The summed E-state index contributed by atoms with van der Waals surface area (Å²) in [5, 5.41) is 13.7. The van der Waals surface area contributed by atoms with Crippen LogP contribution in [0.3, 0.4) is 0 Å². The number of nitrogens with zero attached hydrogens (tertiary/aromatic N) is 1.